The highest BCUT2D eigenvalue weighted by molar-refractivity contribution is 7.26. The van der Waals surface area contributed by atoms with E-state index in [-0.39, 0.29) is 0 Å². The second kappa shape index (κ2) is 7.45. The van der Waals surface area contributed by atoms with Gasteiger partial charge in [-0.05, 0) is 57.3 Å². The van der Waals surface area contributed by atoms with Gasteiger partial charge in [-0.15, -0.1) is 11.3 Å². The Bertz CT molecular complexity index is 931. The van der Waals surface area contributed by atoms with Gasteiger partial charge in [-0.25, -0.2) is 15.0 Å². The first-order chi connectivity index (χ1) is 12.7. The van der Waals surface area contributed by atoms with Gasteiger partial charge in [-0.2, -0.15) is 0 Å². The van der Waals surface area contributed by atoms with Gasteiger partial charge in [0.05, 0.1) is 10.2 Å². The number of aryl methyl sites for hydroxylation is 2. The lowest BCUT2D eigenvalue weighted by Crippen LogP contribution is -2.21. The number of likely N-dealkylation sites (N-methyl/N-ethyl adjacent to an activating group) is 1. The predicted octanol–water partition coefficient (Wildman–Crippen LogP) is 4.04. The molecule has 0 amide bonds. The van der Waals surface area contributed by atoms with Crippen LogP contribution in [0.3, 0.4) is 0 Å². The number of hydrogen-bond acceptors (Lipinski definition) is 6. The van der Waals surface area contributed by atoms with Crippen LogP contribution in [0.15, 0.2) is 6.33 Å². The molecule has 0 aromatic carbocycles. The van der Waals surface area contributed by atoms with E-state index in [4.69, 9.17) is 4.98 Å². The molecule has 0 fully saturated rings. The fraction of sp³-hybridized carbons (Fsp3) is 0.550. The third kappa shape index (κ3) is 3.16. The molecule has 0 radical (unpaired) electrons. The third-order valence-electron chi connectivity index (χ3n) is 5.18. The number of thiophene rings is 1. The summed E-state index contributed by atoms with van der Waals surface area (Å²) in [6.07, 6.45) is 8.80. The first-order valence-corrected chi connectivity index (χ1v) is 10.5. The van der Waals surface area contributed by atoms with E-state index in [1.807, 2.05) is 0 Å². The van der Waals surface area contributed by atoms with Gasteiger partial charge in [0.1, 0.15) is 17.0 Å². The second-order valence-electron chi connectivity index (χ2n) is 7.38. The molecule has 0 saturated carbocycles. The van der Waals surface area contributed by atoms with Crippen LogP contribution >= 0.6 is 11.3 Å². The molecule has 0 spiro atoms. The van der Waals surface area contributed by atoms with Crippen LogP contribution in [0.25, 0.3) is 20.4 Å². The molecular formula is C20H27N5S. The lowest BCUT2D eigenvalue weighted by atomic mass is 10.0. The molecule has 6 heteroatoms. The van der Waals surface area contributed by atoms with E-state index in [1.54, 1.807) is 17.7 Å². The van der Waals surface area contributed by atoms with Crippen molar-refractivity contribution in [2.45, 2.75) is 45.4 Å². The van der Waals surface area contributed by atoms with E-state index in [0.29, 0.717) is 0 Å². The number of aromatic nitrogens is 3. The molecule has 0 bridgehead atoms. The van der Waals surface area contributed by atoms with Gasteiger partial charge in [0.25, 0.3) is 0 Å². The van der Waals surface area contributed by atoms with Crippen molar-refractivity contribution in [3.8, 4) is 0 Å². The number of nitrogens with zero attached hydrogens (tertiary/aromatic N) is 4. The van der Waals surface area contributed by atoms with Crippen molar-refractivity contribution in [2.24, 2.45) is 0 Å². The van der Waals surface area contributed by atoms with Gasteiger partial charge >= 0.3 is 0 Å². The Morgan fingerprint density at radius 2 is 2.04 bits per heavy atom. The zero-order valence-corrected chi connectivity index (χ0v) is 16.7. The minimum absolute atomic E-state index is 0.876. The minimum Gasteiger partial charge on any atom is -0.367 e. The molecule has 3 aromatic heterocycles. The quantitative estimate of drug-likeness (QED) is 0.681. The zero-order chi connectivity index (χ0) is 18.1. The number of rotatable bonds is 7. The van der Waals surface area contributed by atoms with E-state index >= 15 is 0 Å². The van der Waals surface area contributed by atoms with Crippen molar-refractivity contribution in [3.63, 3.8) is 0 Å². The molecule has 26 heavy (non-hydrogen) atoms. The van der Waals surface area contributed by atoms with Crippen LogP contribution in [0.4, 0.5) is 5.82 Å². The molecular weight excluding hydrogens is 342 g/mol. The molecule has 0 atom stereocenters. The summed E-state index contributed by atoms with van der Waals surface area (Å²) < 4.78 is 1.15. The maximum absolute atomic E-state index is 5.09. The Labute approximate surface area is 158 Å². The van der Waals surface area contributed by atoms with Crippen LogP contribution in [-0.4, -0.2) is 47.0 Å². The van der Waals surface area contributed by atoms with Crippen molar-refractivity contribution >= 4 is 37.6 Å². The molecule has 1 aliphatic rings. The van der Waals surface area contributed by atoms with Gasteiger partial charge in [-0.1, -0.05) is 13.3 Å². The van der Waals surface area contributed by atoms with Gasteiger partial charge in [-0.3, -0.25) is 0 Å². The van der Waals surface area contributed by atoms with Gasteiger partial charge in [0, 0.05) is 24.2 Å². The topological polar surface area (TPSA) is 53.9 Å². The lowest BCUT2D eigenvalue weighted by Gasteiger charge is -2.11. The van der Waals surface area contributed by atoms with E-state index in [0.717, 1.165) is 46.8 Å². The smallest absolute Gasteiger partial charge is 0.147 e. The highest BCUT2D eigenvalue weighted by atomic mass is 32.1. The van der Waals surface area contributed by atoms with Gasteiger partial charge in [0.2, 0.25) is 0 Å². The average molecular weight is 370 g/mol. The van der Waals surface area contributed by atoms with Crippen molar-refractivity contribution in [1.29, 1.82) is 0 Å². The Kier molecular flexibility index (Phi) is 5.05. The summed E-state index contributed by atoms with van der Waals surface area (Å²) in [4.78, 5) is 17.6. The Morgan fingerprint density at radius 1 is 1.19 bits per heavy atom. The number of hydrogen-bond donors (Lipinski definition) is 1. The fourth-order valence-electron chi connectivity index (χ4n) is 3.85. The normalized spacial score (nSPS) is 13.8. The Hall–Kier alpha value is -1.79. The number of nitrogens with one attached hydrogen (secondary N) is 1. The predicted molar refractivity (Wildman–Crippen MR) is 110 cm³/mol. The molecule has 0 aliphatic heterocycles. The summed E-state index contributed by atoms with van der Waals surface area (Å²) in [6.45, 7) is 4.10. The fourth-order valence-corrected chi connectivity index (χ4v) is 5.00. The minimum atomic E-state index is 0.876. The number of pyridine rings is 1. The van der Waals surface area contributed by atoms with Crippen molar-refractivity contribution in [2.75, 3.05) is 32.5 Å². The van der Waals surface area contributed by atoms with E-state index in [1.165, 1.54) is 47.9 Å². The highest BCUT2D eigenvalue weighted by Gasteiger charge is 2.23. The maximum Gasteiger partial charge on any atom is 0.147 e. The summed E-state index contributed by atoms with van der Waals surface area (Å²) >= 11 is 1.75. The van der Waals surface area contributed by atoms with Crippen molar-refractivity contribution in [1.82, 2.24) is 19.9 Å². The zero-order valence-electron chi connectivity index (χ0n) is 15.9. The largest absolute Gasteiger partial charge is 0.367 e. The Morgan fingerprint density at radius 3 is 2.85 bits per heavy atom. The molecule has 1 aliphatic carbocycles. The lowest BCUT2D eigenvalue weighted by molar-refractivity contribution is 0.425. The highest BCUT2D eigenvalue weighted by Crippen LogP contribution is 2.41. The molecule has 0 unspecified atom stereocenters. The van der Waals surface area contributed by atoms with Crippen LogP contribution in [0, 0.1) is 0 Å². The number of fused-ring (bicyclic) bond motifs is 5. The maximum atomic E-state index is 5.09. The summed E-state index contributed by atoms with van der Waals surface area (Å²) in [5.41, 5.74) is 5.42. The van der Waals surface area contributed by atoms with E-state index < -0.39 is 0 Å². The molecule has 4 rings (SSSR count). The summed E-state index contributed by atoms with van der Waals surface area (Å²) in [6, 6.07) is 0. The Balaban J connectivity index is 1.81. The van der Waals surface area contributed by atoms with Gasteiger partial charge < -0.3 is 10.2 Å². The molecule has 1 N–H and O–H groups in total. The van der Waals surface area contributed by atoms with Crippen LogP contribution in [0.5, 0.6) is 0 Å². The summed E-state index contributed by atoms with van der Waals surface area (Å²) in [7, 11) is 4.17. The standard InChI is InChI=1S/C20H27N5S/c1-4-5-9-15-13-7-6-8-14(13)16-17-18(26-20(16)24-15)19(23-12-22-17)21-10-11-25(2)3/h12H,4-11H2,1-3H3,(H,21,22,23). The number of unbranched alkanes of at least 4 members (excludes halogenated alkanes) is 1. The summed E-state index contributed by atoms with van der Waals surface area (Å²) in [5.74, 6) is 0.946. The van der Waals surface area contributed by atoms with E-state index in [9.17, 15) is 0 Å². The number of anilines is 1. The SMILES string of the molecule is CCCCc1nc2sc3c(NCCN(C)C)ncnc3c2c2c1CCC2. The van der Waals surface area contributed by atoms with Crippen LogP contribution in [0.2, 0.25) is 0 Å². The first kappa shape index (κ1) is 17.6. The molecule has 0 saturated heterocycles. The van der Waals surface area contributed by atoms with Crippen LogP contribution < -0.4 is 5.32 Å². The molecule has 138 valence electrons. The van der Waals surface area contributed by atoms with Crippen LogP contribution in [-0.2, 0) is 19.3 Å². The summed E-state index contributed by atoms with van der Waals surface area (Å²) in [5, 5.41) is 4.77. The van der Waals surface area contributed by atoms with E-state index in [2.05, 4.69) is 41.2 Å². The molecule has 3 heterocycles. The molecule has 3 aromatic rings. The monoisotopic (exact) mass is 369 g/mol. The second-order valence-corrected chi connectivity index (χ2v) is 8.38. The van der Waals surface area contributed by atoms with Crippen molar-refractivity contribution in [3.05, 3.63) is 23.1 Å². The van der Waals surface area contributed by atoms with Gasteiger partial charge in [0.15, 0.2) is 0 Å². The molecule has 5 nitrogen and oxygen atoms in total. The van der Waals surface area contributed by atoms with Crippen molar-refractivity contribution < 1.29 is 0 Å². The third-order valence-corrected chi connectivity index (χ3v) is 6.26. The average Bonchev–Trinajstić information content (AvgIpc) is 3.23. The first-order valence-electron chi connectivity index (χ1n) is 9.65. The van der Waals surface area contributed by atoms with Crippen LogP contribution in [0.1, 0.15) is 43.0 Å².